The fourth-order valence-electron chi connectivity index (χ4n) is 2.31. The van der Waals surface area contributed by atoms with Gasteiger partial charge in [0.15, 0.2) is 0 Å². The summed E-state index contributed by atoms with van der Waals surface area (Å²) >= 11 is 3.41. The normalized spacial score (nSPS) is 15.0. The first-order valence-electron chi connectivity index (χ1n) is 7.00. The number of hydrogen-bond donors (Lipinski definition) is 0. The van der Waals surface area contributed by atoms with E-state index in [-0.39, 0.29) is 11.8 Å². The van der Waals surface area contributed by atoms with E-state index in [4.69, 9.17) is 4.74 Å². The lowest BCUT2D eigenvalue weighted by molar-refractivity contribution is -0.130. The fourth-order valence-corrected chi connectivity index (χ4v) is 2.67. The second-order valence-corrected chi connectivity index (χ2v) is 5.73. The third-order valence-electron chi connectivity index (χ3n) is 3.49. The molecule has 6 heteroatoms. The Bertz CT molecular complexity index is 540. The minimum Gasteiger partial charge on any atom is -0.493 e. The molecule has 0 bridgehead atoms. The van der Waals surface area contributed by atoms with E-state index < -0.39 is 0 Å². The first kappa shape index (κ1) is 15.8. The minimum atomic E-state index is -0.0216. The summed E-state index contributed by atoms with van der Waals surface area (Å²) in [7, 11) is 0. The third kappa shape index (κ3) is 3.75. The molecule has 0 spiro atoms. The monoisotopic (exact) mass is 354 g/mol. The Hall–Kier alpha value is -1.56. The van der Waals surface area contributed by atoms with E-state index in [1.54, 1.807) is 28.9 Å². The smallest absolute Gasteiger partial charge is 0.254 e. The van der Waals surface area contributed by atoms with Crippen molar-refractivity contribution in [3.63, 3.8) is 0 Å². The first-order chi connectivity index (χ1) is 10.0. The molecule has 0 saturated carbocycles. The lowest BCUT2D eigenvalue weighted by atomic mass is 10.1. The van der Waals surface area contributed by atoms with E-state index in [1.807, 2.05) is 13.0 Å². The van der Waals surface area contributed by atoms with E-state index in [0.29, 0.717) is 44.1 Å². The summed E-state index contributed by atoms with van der Waals surface area (Å²) in [5.41, 5.74) is 0.609. The molecule has 0 N–H and O–H groups in total. The van der Waals surface area contributed by atoms with Gasteiger partial charge in [0, 0.05) is 38.7 Å². The second-order valence-electron chi connectivity index (χ2n) is 4.88. The summed E-state index contributed by atoms with van der Waals surface area (Å²) in [6.07, 6.45) is 0. The van der Waals surface area contributed by atoms with Crippen LogP contribution in [0.4, 0.5) is 0 Å². The van der Waals surface area contributed by atoms with Crippen LogP contribution in [0.1, 0.15) is 24.2 Å². The number of nitrogens with zero attached hydrogens (tertiary/aromatic N) is 2. The van der Waals surface area contributed by atoms with Gasteiger partial charge in [0.05, 0.1) is 11.1 Å². The van der Waals surface area contributed by atoms with Crippen LogP contribution >= 0.6 is 15.9 Å². The number of rotatable bonds is 3. The molecule has 1 aromatic rings. The van der Waals surface area contributed by atoms with Crippen molar-refractivity contribution < 1.29 is 14.3 Å². The molecule has 1 aliphatic rings. The minimum absolute atomic E-state index is 0.0216. The largest absolute Gasteiger partial charge is 0.493 e. The van der Waals surface area contributed by atoms with Crippen molar-refractivity contribution in [2.45, 2.75) is 13.8 Å². The molecule has 1 aliphatic heterocycles. The zero-order valence-corrected chi connectivity index (χ0v) is 13.9. The standard InChI is InChI=1S/C15H19BrN2O3/c1-3-21-14-10-12(4-5-13(14)16)15(20)18-8-6-17(7-9-18)11(2)19/h4-5,10H,3,6-9H2,1-2H3. The Labute approximate surface area is 133 Å². The van der Waals surface area contributed by atoms with Gasteiger partial charge in [-0.1, -0.05) is 0 Å². The highest BCUT2D eigenvalue weighted by atomic mass is 79.9. The van der Waals surface area contributed by atoms with Crippen molar-refractivity contribution in [1.29, 1.82) is 0 Å². The maximum atomic E-state index is 12.5. The molecule has 5 nitrogen and oxygen atoms in total. The number of benzene rings is 1. The molecule has 0 aliphatic carbocycles. The quantitative estimate of drug-likeness (QED) is 0.835. The van der Waals surface area contributed by atoms with Crippen LogP contribution in [-0.2, 0) is 4.79 Å². The Kier molecular flexibility index (Phi) is 5.22. The predicted molar refractivity (Wildman–Crippen MR) is 83.5 cm³/mol. The molecule has 0 radical (unpaired) electrons. The van der Waals surface area contributed by atoms with Crippen molar-refractivity contribution in [3.05, 3.63) is 28.2 Å². The Morgan fingerprint density at radius 2 is 1.81 bits per heavy atom. The number of ether oxygens (including phenoxy) is 1. The lowest BCUT2D eigenvalue weighted by Gasteiger charge is -2.34. The van der Waals surface area contributed by atoms with Gasteiger partial charge < -0.3 is 14.5 Å². The summed E-state index contributed by atoms with van der Waals surface area (Å²) in [4.78, 5) is 27.3. The summed E-state index contributed by atoms with van der Waals surface area (Å²) in [5, 5.41) is 0. The first-order valence-corrected chi connectivity index (χ1v) is 7.79. The highest BCUT2D eigenvalue weighted by molar-refractivity contribution is 9.10. The molecular formula is C15H19BrN2O3. The number of carbonyl (C=O) groups excluding carboxylic acids is 2. The maximum Gasteiger partial charge on any atom is 0.254 e. The Morgan fingerprint density at radius 3 is 2.38 bits per heavy atom. The molecule has 114 valence electrons. The maximum absolute atomic E-state index is 12.5. The molecule has 0 aromatic heterocycles. The number of hydrogen-bond acceptors (Lipinski definition) is 3. The van der Waals surface area contributed by atoms with Gasteiger partial charge in [-0.2, -0.15) is 0 Å². The number of carbonyl (C=O) groups is 2. The van der Waals surface area contributed by atoms with Crippen molar-refractivity contribution in [2.75, 3.05) is 32.8 Å². The summed E-state index contributed by atoms with van der Waals surface area (Å²) in [6.45, 7) is 6.33. The summed E-state index contributed by atoms with van der Waals surface area (Å²) in [5.74, 6) is 0.710. The van der Waals surface area contributed by atoms with Crippen molar-refractivity contribution >= 4 is 27.7 Å². The molecule has 1 heterocycles. The van der Waals surface area contributed by atoms with Gasteiger partial charge in [0.1, 0.15) is 5.75 Å². The van der Waals surface area contributed by atoms with Crippen LogP contribution in [0.25, 0.3) is 0 Å². The van der Waals surface area contributed by atoms with Gasteiger partial charge in [-0.25, -0.2) is 0 Å². The highest BCUT2D eigenvalue weighted by Gasteiger charge is 2.23. The lowest BCUT2D eigenvalue weighted by Crippen LogP contribution is -2.50. The highest BCUT2D eigenvalue weighted by Crippen LogP contribution is 2.26. The number of amides is 2. The molecule has 0 unspecified atom stereocenters. The van der Waals surface area contributed by atoms with Crippen LogP contribution in [0, 0.1) is 0 Å². The summed E-state index contributed by atoms with van der Waals surface area (Å²) < 4.78 is 6.33. The SMILES string of the molecule is CCOc1cc(C(=O)N2CCN(C(C)=O)CC2)ccc1Br. The van der Waals surface area contributed by atoms with Crippen LogP contribution in [0.15, 0.2) is 22.7 Å². The average molecular weight is 355 g/mol. The average Bonchev–Trinajstić information content (AvgIpc) is 2.49. The van der Waals surface area contributed by atoms with Crippen molar-refractivity contribution in [2.24, 2.45) is 0 Å². The molecule has 1 aromatic carbocycles. The van der Waals surface area contributed by atoms with Crippen LogP contribution in [-0.4, -0.2) is 54.4 Å². The Balaban J connectivity index is 2.07. The third-order valence-corrected chi connectivity index (χ3v) is 4.15. The van der Waals surface area contributed by atoms with E-state index in [0.717, 1.165) is 4.47 Å². The number of halogens is 1. The molecule has 2 amide bonds. The van der Waals surface area contributed by atoms with Gasteiger partial charge in [0.25, 0.3) is 5.91 Å². The van der Waals surface area contributed by atoms with E-state index in [2.05, 4.69) is 15.9 Å². The molecule has 21 heavy (non-hydrogen) atoms. The van der Waals surface area contributed by atoms with E-state index in [9.17, 15) is 9.59 Å². The fraction of sp³-hybridized carbons (Fsp3) is 0.467. The summed E-state index contributed by atoms with van der Waals surface area (Å²) in [6, 6.07) is 5.36. The molecule has 1 fully saturated rings. The van der Waals surface area contributed by atoms with Gasteiger partial charge in [-0.15, -0.1) is 0 Å². The molecule has 1 saturated heterocycles. The van der Waals surface area contributed by atoms with Crippen LogP contribution in [0.5, 0.6) is 5.75 Å². The van der Waals surface area contributed by atoms with Gasteiger partial charge in [-0.3, -0.25) is 9.59 Å². The van der Waals surface area contributed by atoms with Gasteiger partial charge in [-0.05, 0) is 41.1 Å². The van der Waals surface area contributed by atoms with Crippen LogP contribution in [0.2, 0.25) is 0 Å². The Morgan fingerprint density at radius 1 is 1.19 bits per heavy atom. The predicted octanol–water partition coefficient (Wildman–Crippen LogP) is 2.15. The van der Waals surface area contributed by atoms with Gasteiger partial charge in [0.2, 0.25) is 5.91 Å². The van der Waals surface area contributed by atoms with E-state index >= 15 is 0 Å². The van der Waals surface area contributed by atoms with Crippen molar-refractivity contribution in [3.8, 4) is 5.75 Å². The second kappa shape index (κ2) is 6.93. The zero-order chi connectivity index (χ0) is 15.4. The van der Waals surface area contributed by atoms with Gasteiger partial charge >= 0.3 is 0 Å². The topological polar surface area (TPSA) is 49.9 Å². The van der Waals surface area contributed by atoms with Crippen molar-refractivity contribution in [1.82, 2.24) is 9.80 Å². The van der Waals surface area contributed by atoms with E-state index in [1.165, 1.54) is 0 Å². The molecular weight excluding hydrogens is 336 g/mol. The van der Waals surface area contributed by atoms with Crippen LogP contribution < -0.4 is 4.74 Å². The zero-order valence-electron chi connectivity index (χ0n) is 12.3. The molecule has 0 atom stereocenters. The van der Waals surface area contributed by atoms with Crippen LogP contribution in [0.3, 0.4) is 0 Å². The molecule has 2 rings (SSSR count). The number of piperazine rings is 1.